The summed E-state index contributed by atoms with van der Waals surface area (Å²) in [5, 5.41) is 7.56. The van der Waals surface area contributed by atoms with Gasteiger partial charge in [0.2, 0.25) is 5.89 Å². The summed E-state index contributed by atoms with van der Waals surface area (Å²) < 4.78 is 5.13. The Morgan fingerprint density at radius 2 is 2.15 bits per heavy atom. The van der Waals surface area contributed by atoms with Gasteiger partial charge in [-0.15, -0.1) is 21.8 Å². The Hall–Kier alpha value is -2.47. The molecule has 2 aromatic heterocycles. The number of nitrogens with zero attached hydrogens (tertiary/aromatic N) is 3. The molecule has 1 amide bonds. The molecule has 2 N–H and O–H groups in total. The van der Waals surface area contributed by atoms with E-state index in [1.807, 2.05) is 30.3 Å². The van der Waals surface area contributed by atoms with Crippen molar-refractivity contribution in [1.29, 1.82) is 0 Å². The molecule has 0 aliphatic heterocycles. The Morgan fingerprint density at radius 1 is 1.30 bits per heavy atom. The van der Waals surface area contributed by atoms with Crippen molar-refractivity contribution in [3.05, 3.63) is 53.9 Å². The zero-order valence-electron chi connectivity index (χ0n) is 10.2. The van der Waals surface area contributed by atoms with E-state index in [4.69, 9.17) is 21.8 Å². The van der Waals surface area contributed by atoms with Gasteiger partial charge >= 0.3 is 11.8 Å². The van der Waals surface area contributed by atoms with Crippen molar-refractivity contribution < 1.29 is 9.21 Å². The molecule has 0 radical (unpaired) electrons. The van der Waals surface area contributed by atoms with Gasteiger partial charge in [0, 0.05) is 11.6 Å². The molecule has 100 valence electrons. The average molecular weight is 289 g/mol. The van der Waals surface area contributed by atoms with Gasteiger partial charge in [-0.2, -0.15) is 0 Å². The van der Waals surface area contributed by atoms with Crippen LogP contribution < -0.4 is 5.73 Å². The maximum absolute atomic E-state index is 10.9. The van der Waals surface area contributed by atoms with Gasteiger partial charge in [-0.1, -0.05) is 12.1 Å². The highest BCUT2D eigenvalue weighted by molar-refractivity contribution is 6.22. The summed E-state index contributed by atoms with van der Waals surface area (Å²) in [6.07, 6.45) is 1.72. The number of halogens is 1. The first-order valence-electron chi connectivity index (χ1n) is 5.77. The van der Waals surface area contributed by atoms with E-state index in [1.165, 1.54) is 0 Å². The van der Waals surface area contributed by atoms with E-state index in [1.54, 1.807) is 6.20 Å². The van der Waals surface area contributed by atoms with Gasteiger partial charge in [-0.3, -0.25) is 9.78 Å². The third-order valence-corrected chi connectivity index (χ3v) is 3.23. The zero-order chi connectivity index (χ0) is 14.1. The van der Waals surface area contributed by atoms with Crippen LogP contribution in [0.25, 0.3) is 10.9 Å². The summed E-state index contributed by atoms with van der Waals surface area (Å²) in [4.78, 5) is 15.1. The smallest absolute Gasteiger partial charge is 0.306 e. The number of pyridine rings is 1. The van der Waals surface area contributed by atoms with Crippen LogP contribution in [0.5, 0.6) is 0 Å². The Morgan fingerprint density at radius 3 is 2.90 bits per heavy atom. The van der Waals surface area contributed by atoms with Gasteiger partial charge < -0.3 is 10.2 Å². The molecule has 0 bridgehead atoms. The lowest BCUT2D eigenvalue weighted by molar-refractivity contribution is 0.0965. The Bertz CT molecular complexity index is 787. The lowest BCUT2D eigenvalue weighted by Gasteiger charge is -2.06. The van der Waals surface area contributed by atoms with Gasteiger partial charge in [0.05, 0.1) is 5.52 Å². The number of nitrogens with two attached hydrogens (primary N) is 1. The van der Waals surface area contributed by atoms with E-state index in [0.717, 1.165) is 16.5 Å². The molecule has 0 aliphatic carbocycles. The van der Waals surface area contributed by atoms with Gasteiger partial charge in [0.25, 0.3) is 0 Å². The van der Waals surface area contributed by atoms with Crippen LogP contribution in [0.3, 0.4) is 0 Å². The van der Waals surface area contributed by atoms with Crippen LogP contribution in [0.1, 0.15) is 27.5 Å². The standard InChI is InChI=1S/C13H9ClN4O2/c14-10(12-17-18-13(20-12)11(15)19)8-3-4-9-7(6-8)2-1-5-16-9/h1-6,10H,(H2,15,19). The number of aromatic nitrogens is 3. The van der Waals surface area contributed by atoms with Gasteiger partial charge in [-0.05, 0) is 23.8 Å². The lowest BCUT2D eigenvalue weighted by Crippen LogP contribution is -2.11. The number of rotatable bonds is 3. The van der Waals surface area contributed by atoms with E-state index in [9.17, 15) is 4.79 Å². The van der Waals surface area contributed by atoms with Crippen molar-refractivity contribution in [3.8, 4) is 0 Å². The maximum Gasteiger partial charge on any atom is 0.306 e. The van der Waals surface area contributed by atoms with Crippen molar-refractivity contribution >= 4 is 28.4 Å². The minimum Gasteiger partial charge on any atom is -0.415 e. The molecule has 0 saturated carbocycles. The Kier molecular flexibility index (Phi) is 3.08. The van der Waals surface area contributed by atoms with E-state index < -0.39 is 11.3 Å². The highest BCUT2D eigenvalue weighted by Crippen LogP contribution is 2.29. The summed E-state index contributed by atoms with van der Waals surface area (Å²) in [5.41, 5.74) is 6.69. The minimum absolute atomic E-state index is 0.128. The average Bonchev–Trinajstić information content (AvgIpc) is 2.96. The number of hydrogen-bond donors (Lipinski definition) is 1. The topological polar surface area (TPSA) is 94.9 Å². The number of fused-ring (bicyclic) bond motifs is 1. The molecule has 0 fully saturated rings. The Labute approximate surface area is 118 Å². The van der Waals surface area contributed by atoms with Crippen molar-refractivity contribution in [2.24, 2.45) is 5.73 Å². The molecule has 1 atom stereocenters. The van der Waals surface area contributed by atoms with Crippen LogP contribution in [0, 0.1) is 0 Å². The van der Waals surface area contributed by atoms with Crippen LogP contribution in [0.15, 0.2) is 40.9 Å². The quantitative estimate of drug-likeness (QED) is 0.744. The minimum atomic E-state index is -0.782. The normalized spacial score (nSPS) is 12.4. The summed E-state index contributed by atoms with van der Waals surface area (Å²) in [5.74, 6) is -0.910. The molecule has 3 rings (SSSR count). The maximum atomic E-state index is 10.9. The van der Waals surface area contributed by atoms with E-state index in [-0.39, 0.29) is 11.8 Å². The highest BCUT2D eigenvalue weighted by Gasteiger charge is 2.20. The summed E-state index contributed by atoms with van der Waals surface area (Å²) in [6, 6.07) is 9.33. The van der Waals surface area contributed by atoms with Crippen LogP contribution in [0.2, 0.25) is 0 Å². The second kappa shape index (κ2) is 4.90. The van der Waals surface area contributed by atoms with Crippen molar-refractivity contribution in [3.63, 3.8) is 0 Å². The third kappa shape index (κ3) is 2.21. The first-order chi connectivity index (χ1) is 9.65. The van der Waals surface area contributed by atoms with Crippen LogP contribution in [0.4, 0.5) is 0 Å². The molecule has 1 unspecified atom stereocenters. The van der Waals surface area contributed by atoms with Crippen LogP contribution in [-0.4, -0.2) is 21.1 Å². The zero-order valence-corrected chi connectivity index (χ0v) is 10.9. The number of alkyl halides is 1. The molecule has 3 aromatic rings. The fourth-order valence-corrected chi connectivity index (χ4v) is 2.05. The molecular weight excluding hydrogens is 280 g/mol. The molecule has 0 spiro atoms. The second-order valence-corrected chi connectivity index (χ2v) is 4.56. The number of carbonyl (C=O) groups excluding carboxylic acids is 1. The van der Waals surface area contributed by atoms with Gasteiger partial charge in [-0.25, -0.2) is 0 Å². The van der Waals surface area contributed by atoms with Gasteiger partial charge in [0.15, 0.2) is 0 Å². The summed E-state index contributed by atoms with van der Waals surface area (Å²) in [6.45, 7) is 0. The van der Waals surface area contributed by atoms with Crippen molar-refractivity contribution in [2.45, 2.75) is 5.38 Å². The van der Waals surface area contributed by atoms with Crippen molar-refractivity contribution in [1.82, 2.24) is 15.2 Å². The third-order valence-electron chi connectivity index (χ3n) is 2.79. The Balaban J connectivity index is 1.98. The summed E-state index contributed by atoms with van der Waals surface area (Å²) >= 11 is 6.28. The van der Waals surface area contributed by atoms with Crippen molar-refractivity contribution in [2.75, 3.05) is 0 Å². The number of amides is 1. The molecule has 7 heteroatoms. The monoisotopic (exact) mass is 288 g/mol. The fraction of sp³-hybridized carbons (Fsp3) is 0.0769. The molecule has 6 nitrogen and oxygen atoms in total. The number of carbonyl (C=O) groups is 1. The molecule has 1 aromatic carbocycles. The highest BCUT2D eigenvalue weighted by atomic mass is 35.5. The predicted octanol–water partition coefficient (Wildman–Crippen LogP) is 2.04. The first-order valence-corrected chi connectivity index (χ1v) is 6.21. The molecule has 0 saturated heterocycles. The van der Waals surface area contributed by atoms with E-state index in [0.29, 0.717) is 0 Å². The fourth-order valence-electron chi connectivity index (χ4n) is 1.83. The molecule has 2 heterocycles. The number of benzene rings is 1. The number of primary amides is 1. The summed E-state index contributed by atoms with van der Waals surface area (Å²) in [7, 11) is 0. The molecule has 0 aliphatic rings. The second-order valence-electron chi connectivity index (χ2n) is 4.13. The van der Waals surface area contributed by atoms with E-state index >= 15 is 0 Å². The predicted molar refractivity (Wildman–Crippen MR) is 72.3 cm³/mol. The molecular formula is C13H9ClN4O2. The lowest BCUT2D eigenvalue weighted by atomic mass is 10.1. The number of hydrogen-bond acceptors (Lipinski definition) is 5. The van der Waals surface area contributed by atoms with Crippen LogP contribution >= 0.6 is 11.6 Å². The SMILES string of the molecule is NC(=O)c1nnc(C(Cl)c2ccc3ncccc3c2)o1. The molecule has 20 heavy (non-hydrogen) atoms. The van der Waals surface area contributed by atoms with Crippen LogP contribution in [-0.2, 0) is 0 Å². The largest absolute Gasteiger partial charge is 0.415 e. The first kappa shape index (κ1) is 12.6. The van der Waals surface area contributed by atoms with Gasteiger partial charge in [0.1, 0.15) is 5.38 Å². The van der Waals surface area contributed by atoms with E-state index in [2.05, 4.69) is 15.2 Å².